The maximum absolute atomic E-state index is 11.8. The number of hydrogen-bond acceptors (Lipinski definition) is 6. The third-order valence-electron chi connectivity index (χ3n) is 3.48. The Bertz CT molecular complexity index is 528. The van der Waals surface area contributed by atoms with Crippen LogP contribution in [0.15, 0.2) is 30.3 Å². The van der Waals surface area contributed by atoms with E-state index >= 15 is 0 Å². The van der Waals surface area contributed by atoms with Gasteiger partial charge in [-0.05, 0) is 5.56 Å². The van der Waals surface area contributed by atoms with E-state index in [0.717, 1.165) is 5.56 Å². The minimum Gasteiger partial charge on any atom is -0.448 e. The molecule has 3 rings (SSSR count). The first-order chi connectivity index (χ1) is 10.1. The Kier molecular flexibility index (Phi) is 3.90. The fraction of sp³-hybridized carbons (Fsp3) is 0.467. The molecule has 2 fully saturated rings. The first kappa shape index (κ1) is 14.0. The van der Waals surface area contributed by atoms with Crippen LogP contribution >= 0.6 is 0 Å². The number of benzene rings is 1. The summed E-state index contributed by atoms with van der Waals surface area (Å²) in [6.07, 6.45) is -2.11. The van der Waals surface area contributed by atoms with Crippen molar-refractivity contribution in [2.45, 2.75) is 44.6 Å². The standard InChI is InChI=1S/C15H16O6/c1-9(16)19-13-11-7-12(15(20-11)21-14(13)17)18-8-10-5-3-2-4-6-10/h2-6,11-13,15H,7-8H2,1H3/t11-,12-,13-,15-/m0/s1. The number of carbonyl (C=O) groups excluding carboxylic acids is 2. The molecule has 0 N–H and O–H groups in total. The van der Waals surface area contributed by atoms with Crippen molar-refractivity contribution in [1.29, 1.82) is 0 Å². The zero-order valence-electron chi connectivity index (χ0n) is 11.6. The lowest BCUT2D eigenvalue weighted by molar-refractivity contribution is -0.236. The molecule has 2 bridgehead atoms. The molecule has 0 aromatic heterocycles. The Morgan fingerprint density at radius 2 is 2.10 bits per heavy atom. The van der Waals surface area contributed by atoms with E-state index in [-0.39, 0.29) is 6.10 Å². The van der Waals surface area contributed by atoms with Crippen molar-refractivity contribution in [3.8, 4) is 0 Å². The van der Waals surface area contributed by atoms with Crippen LogP contribution in [0.1, 0.15) is 18.9 Å². The summed E-state index contributed by atoms with van der Waals surface area (Å²) in [7, 11) is 0. The molecule has 2 aliphatic rings. The second kappa shape index (κ2) is 5.83. The number of esters is 2. The van der Waals surface area contributed by atoms with Gasteiger partial charge in [-0.15, -0.1) is 0 Å². The summed E-state index contributed by atoms with van der Waals surface area (Å²) in [4.78, 5) is 22.8. The Morgan fingerprint density at radius 1 is 1.33 bits per heavy atom. The minimum atomic E-state index is -0.996. The molecule has 6 nitrogen and oxygen atoms in total. The fourth-order valence-electron chi connectivity index (χ4n) is 2.51. The van der Waals surface area contributed by atoms with Crippen LogP contribution in [0.2, 0.25) is 0 Å². The summed E-state index contributed by atoms with van der Waals surface area (Å²) in [5.74, 6) is -1.11. The van der Waals surface area contributed by atoms with Crippen LogP contribution in [0.25, 0.3) is 0 Å². The zero-order valence-corrected chi connectivity index (χ0v) is 11.6. The molecule has 112 valence electrons. The van der Waals surface area contributed by atoms with Crippen LogP contribution in [0.3, 0.4) is 0 Å². The summed E-state index contributed by atoms with van der Waals surface area (Å²) < 4.78 is 21.4. The molecule has 0 amide bonds. The molecule has 2 aliphatic heterocycles. The van der Waals surface area contributed by atoms with Crippen molar-refractivity contribution in [2.24, 2.45) is 0 Å². The molecule has 0 spiro atoms. The molecule has 4 atom stereocenters. The molecule has 6 heteroatoms. The van der Waals surface area contributed by atoms with Gasteiger partial charge >= 0.3 is 11.9 Å². The van der Waals surface area contributed by atoms with Crippen molar-refractivity contribution in [3.63, 3.8) is 0 Å². The van der Waals surface area contributed by atoms with Crippen LogP contribution in [0.5, 0.6) is 0 Å². The van der Waals surface area contributed by atoms with Gasteiger partial charge in [-0.2, -0.15) is 0 Å². The van der Waals surface area contributed by atoms with Crippen LogP contribution in [-0.4, -0.2) is 36.5 Å². The second-order valence-electron chi connectivity index (χ2n) is 5.08. The van der Waals surface area contributed by atoms with Crippen LogP contribution < -0.4 is 0 Å². The Hall–Kier alpha value is -1.92. The second-order valence-corrected chi connectivity index (χ2v) is 5.08. The molecule has 21 heavy (non-hydrogen) atoms. The minimum absolute atomic E-state index is 0.347. The number of rotatable bonds is 4. The van der Waals surface area contributed by atoms with E-state index in [1.165, 1.54) is 6.92 Å². The van der Waals surface area contributed by atoms with Crippen molar-refractivity contribution in [1.82, 2.24) is 0 Å². The molecule has 1 aromatic carbocycles. The number of fused-ring (bicyclic) bond motifs is 2. The molecule has 2 heterocycles. The predicted octanol–water partition coefficient (Wildman–Crippen LogP) is 1.18. The summed E-state index contributed by atoms with van der Waals surface area (Å²) >= 11 is 0. The van der Waals surface area contributed by atoms with Gasteiger partial charge < -0.3 is 18.9 Å². The van der Waals surface area contributed by atoms with Gasteiger partial charge in [0.05, 0.1) is 6.61 Å². The highest BCUT2D eigenvalue weighted by Crippen LogP contribution is 2.33. The van der Waals surface area contributed by atoms with Gasteiger partial charge in [0, 0.05) is 13.3 Å². The Labute approximate surface area is 121 Å². The van der Waals surface area contributed by atoms with E-state index in [1.54, 1.807) is 0 Å². The first-order valence-corrected chi connectivity index (χ1v) is 6.82. The largest absolute Gasteiger partial charge is 0.448 e. The first-order valence-electron chi connectivity index (χ1n) is 6.82. The van der Waals surface area contributed by atoms with Gasteiger partial charge in [-0.3, -0.25) is 4.79 Å². The fourth-order valence-corrected chi connectivity index (χ4v) is 2.51. The van der Waals surface area contributed by atoms with E-state index in [4.69, 9.17) is 18.9 Å². The Balaban J connectivity index is 1.60. The quantitative estimate of drug-likeness (QED) is 0.776. The van der Waals surface area contributed by atoms with Crippen molar-refractivity contribution < 1.29 is 28.5 Å². The molecule has 1 aromatic rings. The lowest BCUT2D eigenvalue weighted by atomic mass is 10.1. The SMILES string of the molecule is CC(=O)O[C@@H]1C(=O)O[C@@H]2O[C@H]1C[C@@H]2OCc1ccccc1. The van der Waals surface area contributed by atoms with Crippen molar-refractivity contribution >= 4 is 11.9 Å². The Morgan fingerprint density at radius 3 is 2.81 bits per heavy atom. The van der Waals surface area contributed by atoms with Gasteiger partial charge in [0.2, 0.25) is 12.4 Å². The third-order valence-corrected chi connectivity index (χ3v) is 3.48. The normalized spacial score (nSPS) is 30.8. The molecular weight excluding hydrogens is 276 g/mol. The smallest absolute Gasteiger partial charge is 0.352 e. The van der Waals surface area contributed by atoms with E-state index in [0.29, 0.717) is 13.0 Å². The van der Waals surface area contributed by atoms with Gasteiger partial charge in [-0.25, -0.2) is 4.79 Å². The van der Waals surface area contributed by atoms with Gasteiger partial charge in [0.25, 0.3) is 0 Å². The van der Waals surface area contributed by atoms with Crippen LogP contribution in [-0.2, 0) is 35.1 Å². The summed E-state index contributed by atoms with van der Waals surface area (Å²) in [6, 6.07) is 9.70. The van der Waals surface area contributed by atoms with Crippen molar-refractivity contribution in [2.75, 3.05) is 0 Å². The molecular formula is C15H16O6. The van der Waals surface area contributed by atoms with Crippen molar-refractivity contribution in [3.05, 3.63) is 35.9 Å². The lowest BCUT2D eigenvalue weighted by Crippen LogP contribution is -2.45. The third kappa shape index (κ3) is 3.06. The van der Waals surface area contributed by atoms with E-state index in [9.17, 15) is 9.59 Å². The molecule has 0 aliphatic carbocycles. The number of carbonyl (C=O) groups is 2. The van der Waals surface area contributed by atoms with E-state index in [2.05, 4.69) is 0 Å². The summed E-state index contributed by atoms with van der Waals surface area (Å²) in [5.41, 5.74) is 1.03. The summed E-state index contributed by atoms with van der Waals surface area (Å²) in [5, 5.41) is 0. The average molecular weight is 292 g/mol. The predicted molar refractivity (Wildman–Crippen MR) is 69.9 cm³/mol. The average Bonchev–Trinajstić information content (AvgIpc) is 2.80. The highest BCUT2D eigenvalue weighted by Gasteiger charge is 2.51. The molecule has 2 saturated heterocycles. The van der Waals surface area contributed by atoms with Gasteiger partial charge in [0.1, 0.15) is 12.2 Å². The topological polar surface area (TPSA) is 71.1 Å². The summed E-state index contributed by atoms with van der Waals surface area (Å²) in [6.45, 7) is 1.66. The maximum Gasteiger partial charge on any atom is 0.352 e. The lowest BCUT2D eigenvalue weighted by Gasteiger charge is -2.27. The van der Waals surface area contributed by atoms with E-state index < -0.39 is 30.4 Å². The highest BCUT2D eigenvalue weighted by atomic mass is 16.8. The van der Waals surface area contributed by atoms with Gasteiger partial charge in [-0.1, -0.05) is 30.3 Å². The van der Waals surface area contributed by atoms with Gasteiger partial charge in [0.15, 0.2) is 0 Å². The maximum atomic E-state index is 11.8. The molecule has 0 unspecified atom stereocenters. The molecule has 0 saturated carbocycles. The van der Waals surface area contributed by atoms with Crippen LogP contribution in [0, 0.1) is 0 Å². The number of hydrogen-bond donors (Lipinski definition) is 0. The zero-order chi connectivity index (χ0) is 14.8. The van der Waals surface area contributed by atoms with Crippen LogP contribution in [0.4, 0.5) is 0 Å². The molecule has 0 radical (unpaired) electrons. The number of ether oxygens (including phenoxy) is 4. The van der Waals surface area contributed by atoms with E-state index in [1.807, 2.05) is 30.3 Å². The monoisotopic (exact) mass is 292 g/mol. The highest BCUT2D eigenvalue weighted by molar-refractivity contribution is 5.80.